The van der Waals surface area contributed by atoms with Crippen LogP contribution < -0.4 is 10.9 Å². The summed E-state index contributed by atoms with van der Waals surface area (Å²) < 4.78 is 1.37. The molecule has 7 heteroatoms. The zero-order chi connectivity index (χ0) is 18.4. The first-order chi connectivity index (χ1) is 12.6. The largest absolute Gasteiger partial charge is 0.325 e. The van der Waals surface area contributed by atoms with Gasteiger partial charge < -0.3 is 5.32 Å². The van der Waals surface area contributed by atoms with Gasteiger partial charge in [-0.25, -0.2) is 4.68 Å². The number of para-hydroxylation sites is 1. The molecular formula is C19H17ClN4O2. The van der Waals surface area contributed by atoms with E-state index in [0.29, 0.717) is 29.4 Å². The lowest BCUT2D eigenvalue weighted by Gasteiger charge is -2.08. The van der Waals surface area contributed by atoms with Crippen LogP contribution in [-0.2, 0) is 11.3 Å². The summed E-state index contributed by atoms with van der Waals surface area (Å²) >= 11 is 6.02. The summed E-state index contributed by atoms with van der Waals surface area (Å²) in [6.07, 6.45) is 4.11. The molecule has 26 heavy (non-hydrogen) atoms. The molecule has 0 fully saturated rings. The maximum atomic E-state index is 12.0. The molecule has 3 rings (SSSR count). The number of benzene rings is 1. The quantitative estimate of drug-likeness (QED) is 0.723. The molecular weight excluding hydrogens is 352 g/mol. The van der Waals surface area contributed by atoms with Gasteiger partial charge in [-0.2, -0.15) is 5.10 Å². The molecule has 0 saturated heterocycles. The number of halogens is 1. The molecule has 3 aromatic rings. The van der Waals surface area contributed by atoms with Crippen LogP contribution in [0, 0.1) is 0 Å². The van der Waals surface area contributed by atoms with Gasteiger partial charge in [0.1, 0.15) is 0 Å². The highest BCUT2D eigenvalue weighted by atomic mass is 35.5. The Morgan fingerprint density at radius 2 is 1.96 bits per heavy atom. The fourth-order valence-corrected chi connectivity index (χ4v) is 2.62. The molecule has 0 unspecified atom stereocenters. The van der Waals surface area contributed by atoms with Gasteiger partial charge in [-0.1, -0.05) is 23.7 Å². The molecule has 0 spiro atoms. The minimum Gasteiger partial charge on any atom is -0.325 e. The number of nitrogens with zero attached hydrogens (tertiary/aromatic N) is 3. The third-order valence-electron chi connectivity index (χ3n) is 3.75. The van der Waals surface area contributed by atoms with Crippen LogP contribution in [0.2, 0.25) is 5.02 Å². The standard InChI is InChI=1S/C19H17ClN4O2/c20-15-6-1-2-7-17(15)22-18(25)8-4-12-24-19(26)10-9-16(23-24)14-5-3-11-21-13-14/h1-3,5-7,9-11,13H,4,8,12H2,(H,22,25). The van der Waals surface area contributed by atoms with Gasteiger partial charge in [0, 0.05) is 37.0 Å². The molecule has 1 N–H and O–H groups in total. The number of amides is 1. The lowest BCUT2D eigenvalue weighted by atomic mass is 10.2. The Hall–Kier alpha value is -2.99. The number of aryl methyl sites for hydroxylation is 1. The van der Waals surface area contributed by atoms with Crippen LogP contribution in [0.5, 0.6) is 0 Å². The number of anilines is 1. The monoisotopic (exact) mass is 368 g/mol. The van der Waals surface area contributed by atoms with Crippen molar-refractivity contribution >= 4 is 23.2 Å². The Morgan fingerprint density at radius 3 is 2.73 bits per heavy atom. The summed E-state index contributed by atoms with van der Waals surface area (Å²) in [5, 5.41) is 7.60. The maximum Gasteiger partial charge on any atom is 0.266 e. The second-order valence-electron chi connectivity index (χ2n) is 5.65. The molecule has 6 nitrogen and oxygen atoms in total. The first-order valence-electron chi connectivity index (χ1n) is 8.16. The molecule has 1 aromatic carbocycles. The molecule has 0 bridgehead atoms. The van der Waals surface area contributed by atoms with E-state index in [1.54, 1.807) is 42.7 Å². The number of rotatable bonds is 6. The number of hydrogen-bond donors (Lipinski definition) is 1. The average molecular weight is 369 g/mol. The molecule has 0 aliphatic carbocycles. The lowest BCUT2D eigenvalue weighted by Crippen LogP contribution is -2.23. The number of hydrogen-bond acceptors (Lipinski definition) is 4. The molecule has 2 heterocycles. The van der Waals surface area contributed by atoms with E-state index in [0.717, 1.165) is 5.56 Å². The van der Waals surface area contributed by atoms with Gasteiger partial charge in [-0.15, -0.1) is 0 Å². The Kier molecular flexibility index (Phi) is 5.76. The fraction of sp³-hybridized carbons (Fsp3) is 0.158. The van der Waals surface area contributed by atoms with Crippen LogP contribution in [0.1, 0.15) is 12.8 Å². The summed E-state index contributed by atoms with van der Waals surface area (Å²) in [5.74, 6) is -0.158. The highest BCUT2D eigenvalue weighted by Gasteiger charge is 2.07. The van der Waals surface area contributed by atoms with Gasteiger partial charge in [0.25, 0.3) is 5.56 Å². The lowest BCUT2D eigenvalue weighted by molar-refractivity contribution is -0.116. The Balaban J connectivity index is 1.60. The maximum absolute atomic E-state index is 12.0. The summed E-state index contributed by atoms with van der Waals surface area (Å²) in [5.41, 5.74) is 1.87. The molecule has 0 radical (unpaired) electrons. The van der Waals surface area contributed by atoms with Crippen molar-refractivity contribution in [2.45, 2.75) is 19.4 Å². The predicted molar refractivity (Wildman–Crippen MR) is 101 cm³/mol. The minimum atomic E-state index is -0.204. The second-order valence-corrected chi connectivity index (χ2v) is 6.06. The van der Waals surface area contributed by atoms with Crippen molar-refractivity contribution in [3.05, 3.63) is 76.3 Å². The van der Waals surface area contributed by atoms with E-state index in [2.05, 4.69) is 15.4 Å². The van der Waals surface area contributed by atoms with Gasteiger partial charge >= 0.3 is 0 Å². The van der Waals surface area contributed by atoms with Gasteiger partial charge in [0.2, 0.25) is 5.91 Å². The van der Waals surface area contributed by atoms with E-state index in [1.807, 2.05) is 12.1 Å². The Labute approximate surface area is 155 Å². The van der Waals surface area contributed by atoms with Crippen molar-refractivity contribution < 1.29 is 4.79 Å². The van der Waals surface area contributed by atoms with Crippen molar-refractivity contribution in [1.82, 2.24) is 14.8 Å². The van der Waals surface area contributed by atoms with E-state index < -0.39 is 0 Å². The van der Waals surface area contributed by atoms with Crippen LogP contribution in [0.25, 0.3) is 11.3 Å². The van der Waals surface area contributed by atoms with Crippen LogP contribution >= 0.6 is 11.6 Å². The van der Waals surface area contributed by atoms with Gasteiger partial charge in [0.05, 0.1) is 16.4 Å². The van der Waals surface area contributed by atoms with Crippen molar-refractivity contribution in [3.8, 4) is 11.3 Å². The van der Waals surface area contributed by atoms with Crippen LogP contribution in [0.4, 0.5) is 5.69 Å². The molecule has 132 valence electrons. The van der Waals surface area contributed by atoms with Crippen molar-refractivity contribution in [2.75, 3.05) is 5.32 Å². The highest BCUT2D eigenvalue weighted by molar-refractivity contribution is 6.33. The van der Waals surface area contributed by atoms with Crippen LogP contribution in [-0.4, -0.2) is 20.7 Å². The van der Waals surface area contributed by atoms with Crippen molar-refractivity contribution in [3.63, 3.8) is 0 Å². The first kappa shape index (κ1) is 17.8. The predicted octanol–water partition coefficient (Wildman–Crippen LogP) is 3.38. The normalized spacial score (nSPS) is 10.5. The van der Waals surface area contributed by atoms with Gasteiger partial charge in [-0.05, 0) is 36.8 Å². The van der Waals surface area contributed by atoms with Crippen LogP contribution in [0.15, 0.2) is 65.7 Å². The van der Waals surface area contributed by atoms with E-state index in [9.17, 15) is 9.59 Å². The molecule has 0 aliphatic heterocycles. The third-order valence-corrected chi connectivity index (χ3v) is 4.08. The molecule has 2 aromatic heterocycles. The number of pyridine rings is 1. The molecule has 0 aliphatic rings. The number of carbonyl (C=O) groups is 1. The number of nitrogens with one attached hydrogen (secondary N) is 1. The minimum absolute atomic E-state index is 0.158. The SMILES string of the molecule is O=C(CCCn1nc(-c2cccnc2)ccc1=O)Nc1ccccc1Cl. The summed E-state index contributed by atoms with van der Waals surface area (Å²) in [7, 11) is 0. The summed E-state index contributed by atoms with van der Waals surface area (Å²) in [6, 6.07) is 13.9. The van der Waals surface area contributed by atoms with E-state index in [-0.39, 0.29) is 17.9 Å². The zero-order valence-electron chi connectivity index (χ0n) is 13.9. The topological polar surface area (TPSA) is 76.9 Å². The average Bonchev–Trinajstić information content (AvgIpc) is 2.66. The Bertz CT molecular complexity index is 957. The van der Waals surface area contributed by atoms with E-state index in [4.69, 9.17) is 11.6 Å². The van der Waals surface area contributed by atoms with Gasteiger partial charge in [0.15, 0.2) is 0 Å². The molecule has 1 amide bonds. The molecule has 0 atom stereocenters. The first-order valence-corrected chi connectivity index (χ1v) is 8.54. The second kappa shape index (κ2) is 8.40. The fourth-order valence-electron chi connectivity index (χ4n) is 2.44. The summed E-state index contributed by atoms with van der Waals surface area (Å²) in [4.78, 5) is 28.1. The summed E-state index contributed by atoms with van der Waals surface area (Å²) in [6.45, 7) is 0.350. The zero-order valence-corrected chi connectivity index (χ0v) is 14.7. The number of carbonyl (C=O) groups excluding carboxylic acids is 1. The van der Waals surface area contributed by atoms with E-state index in [1.165, 1.54) is 10.7 Å². The number of aromatic nitrogens is 3. The van der Waals surface area contributed by atoms with Crippen LogP contribution in [0.3, 0.4) is 0 Å². The van der Waals surface area contributed by atoms with Crippen molar-refractivity contribution in [1.29, 1.82) is 0 Å². The third kappa shape index (κ3) is 4.55. The van der Waals surface area contributed by atoms with Gasteiger partial charge in [-0.3, -0.25) is 14.6 Å². The smallest absolute Gasteiger partial charge is 0.266 e. The molecule has 0 saturated carbocycles. The Morgan fingerprint density at radius 1 is 1.12 bits per heavy atom. The van der Waals surface area contributed by atoms with Crippen molar-refractivity contribution in [2.24, 2.45) is 0 Å². The highest BCUT2D eigenvalue weighted by Crippen LogP contribution is 2.20. The van der Waals surface area contributed by atoms with E-state index >= 15 is 0 Å².